The molecule has 2 atom stereocenters. The van der Waals surface area contributed by atoms with Crippen LogP contribution < -0.4 is 5.32 Å². The Hall–Kier alpha value is -1.40. The Morgan fingerprint density at radius 1 is 0.397 bits per heavy atom. The Morgan fingerprint density at radius 2 is 0.691 bits per heavy atom. The zero-order valence-electron chi connectivity index (χ0n) is 46.1. The van der Waals surface area contributed by atoms with Crippen LogP contribution in [-0.2, 0) is 14.3 Å². The van der Waals surface area contributed by atoms with E-state index < -0.39 is 12.1 Å². The second-order valence-electron chi connectivity index (χ2n) is 21.4. The third kappa shape index (κ3) is 53.9. The van der Waals surface area contributed by atoms with Crippen LogP contribution >= 0.6 is 0 Å². The summed E-state index contributed by atoms with van der Waals surface area (Å²) in [4.78, 5) is 24.6. The normalized spacial score (nSPS) is 12.6. The largest absolute Gasteiger partial charge is 0.466 e. The Morgan fingerprint density at radius 3 is 1.04 bits per heavy atom. The van der Waals surface area contributed by atoms with Gasteiger partial charge < -0.3 is 20.3 Å². The minimum Gasteiger partial charge on any atom is -0.466 e. The maximum atomic E-state index is 12.5. The molecule has 0 fully saturated rings. The second-order valence-corrected chi connectivity index (χ2v) is 21.4. The zero-order chi connectivity index (χ0) is 49.3. The van der Waals surface area contributed by atoms with Gasteiger partial charge in [-0.1, -0.05) is 296 Å². The van der Waals surface area contributed by atoms with Crippen LogP contribution in [0.1, 0.15) is 348 Å². The summed E-state index contributed by atoms with van der Waals surface area (Å²) in [5, 5.41) is 23.3. The number of aliphatic hydroxyl groups is 2. The number of aliphatic hydroxyl groups excluding tert-OH is 2. The van der Waals surface area contributed by atoms with Gasteiger partial charge in [0, 0.05) is 12.8 Å². The fraction of sp³-hybridized carbons (Fsp3) is 0.935. The predicted octanol–water partition coefficient (Wildman–Crippen LogP) is 19.2. The van der Waals surface area contributed by atoms with E-state index in [1.807, 2.05) is 0 Å². The molecule has 404 valence electrons. The van der Waals surface area contributed by atoms with Crippen molar-refractivity contribution in [1.82, 2.24) is 5.32 Å². The molecule has 0 rings (SSSR count). The highest BCUT2D eigenvalue weighted by Gasteiger charge is 2.20. The molecule has 0 aliphatic heterocycles. The molecule has 6 heteroatoms. The van der Waals surface area contributed by atoms with Crippen molar-refractivity contribution >= 4 is 11.9 Å². The number of unbranched alkanes of at least 4 members (excludes halogenated alkanes) is 45. The van der Waals surface area contributed by atoms with Gasteiger partial charge in [0.25, 0.3) is 0 Å². The molecule has 0 heterocycles. The summed E-state index contributed by atoms with van der Waals surface area (Å²) in [5.41, 5.74) is 0. The predicted molar refractivity (Wildman–Crippen MR) is 297 cm³/mol. The van der Waals surface area contributed by atoms with Gasteiger partial charge in [-0.2, -0.15) is 0 Å². The lowest BCUT2D eigenvalue weighted by Crippen LogP contribution is -2.45. The summed E-state index contributed by atoms with van der Waals surface area (Å²) in [6, 6.07) is -0.551. The topological polar surface area (TPSA) is 95.9 Å². The number of hydrogen-bond acceptors (Lipinski definition) is 5. The highest BCUT2D eigenvalue weighted by Crippen LogP contribution is 2.18. The second kappa shape index (κ2) is 58.2. The van der Waals surface area contributed by atoms with Crippen LogP contribution in [0.2, 0.25) is 0 Å². The summed E-state index contributed by atoms with van der Waals surface area (Å²) in [6.07, 6.45) is 69.3. The number of allylic oxidation sites excluding steroid dienone is 2. The molecule has 0 radical (unpaired) electrons. The minimum absolute atomic E-state index is 0.00772. The molecule has 3 N–H and O–H groups in total. The summed E-state index contributed by atoms with van der Waals surface area (Å²) >= 11 is 0. The zero-order valence-corrected chi connectivity index (χ0v) is 46.1. The van der Waals surface area contributed by atoms with Crippen LogP contribution in [0.3, 0.4) is 0 Å². The van der Waals surface area contributed by atoms with Crippen molar-refractivity contribution in [3.05, 3.63) is 12.2 Å². The highest BCUT2D eigenvalue weighted by molar-refractivity contribution is 5.76. The summed E-state index contributed by atoms with van der Waals surface area (Å²) in [7, 11) is 0. The smallest absolute Gasteiger partial charge is 0.305 e. The van der Waals surface area contributed by atoms with Crippen LogP contribution in [0.5, 0.6) is 0 Å². The molecule has 68 heavy (non-hydrogen) atoms. The van der Waals surface area contributed by atoms with Gasteiger partial charge in [-0.15, -0.1) is 0 Å². The number of ether oxygens (including phenoxy) is 1. The molecule has 0 aromatic rings. The van der Waals surface area contributed by atoms with Crippen molar-refractivity contribution in [2.24, 2.45) is 0 Å². The molecule has 6 nitrogen and oxygen atoms in total. The van der Waals surface area contributed by atoms with Crippen molar-refractivity contribution in [3.63, 3.8) is 0 Å². The molecule has 0 aliphatic carbocycles. The fourth-order valence-corrected chi connectivity index (χ4v) is 9.81. The van der Waals surface area contributed by atoms with Gasteiger partial charge in [0.15, 0.2) is 0 Å². The molecule has 0 saturated carbocycles. The summed E-state index contributed by atoms with van der Waals surface area (Å²) < 4.78 is 5.49. The van der Waals surface area contributed by atoms with Crippen molar-refractivity contribution in [2.75, 3.05) is 13.2 Å². The maximum Gasteiger partial charge on any atom is 0.305 e. The van der Waals surface area contributed by atoms with Crippen molar-refractivity contribution in [3.8, 4) is 0 Å². The summed E-state index contributed by atoms with van der Waals surface area (Å²) in [6.45, 7) is 4.97. The van der Waals surface area contributed by atoms with E-state index in [2.05, 4.69) is 31.3 Å². The first-order valence-corrected chi connectivity index (χ1v) is 30.9. The van der Waals surface area contributed by atoms with E-state index in [0.29, 0.717) is 25.9 Å². The Bertz CT molecular complexity index is 1020. The van der Waals surface area contributed by atoms with Gasteiger partial charge >= 0.3 is 5.97 Å². The molecular weight excluding hydrogens is 839 g/mol. The molecule has 2 unspecified atom stereocenters. The molecule has 0 saturated heterocycles. The SMILES string of the molecule is CCCCCCCCCCCCCCCCCCCC(=O)OCCCCCCCCCCC/C=C\CCCCCCCC(=O)NC(CO)C(O)CCCCCCCCCCCCCCCCCC. The molecule has 0 bridgehead atoms. The molecular formula is C62H121NO5. The first kappa shape index (κ1) is 66.6. The first-order chi connectivity index (χ1) is 33.5. The lowest BCUT2D eigenvalue weighted by Gasteiger charge is -2.22. The van der Waals surface area contributed by atoms with E-state index >= 15 is 0 Å². The number of nitrogens with one attached hydrogen (secondary N) is 1. The van der Waals surface area contributed by atoms with Crippen LogP contribution in [0.15, 0.2) is 12.2 Å². The number of carbonyl (C=O) groups excluding carboxylic acids is 2. The number of rotatable bonds is 58. The molecule has 0 aromatic carbocycles. The lowest BCUT2D eigenvalue weighted by atomic mass is 10.0. The number of amides is 1. The Balaban J connectivity index is 3.42. The minimum atomic E-state index is -0.672. The van der Waals surface area contributed by atoms with Gasteiger partial charge in [0.2, 0.25) is 5.91 Å². The number of hydrogen-bond donors (Lipinski definition) is 3. The maximum absolute atomic E-state index is 12.5. The van der Waals surface area contributed by atoms with Crippen LogP contribution in [-0.4, -0.2) is 47.4 Å². The van der Waals surface area contributed by atoms with Gasteiger partial charge in [-0.25, -0.2) is 0 Å². The third-order valence-electron chi connectivity index (χ3n) is 14.6. The monoisotopic (exact) mass is 960 g/mol. The first-order valence-electron chi connectivity index (χ1n) is 30.9. The van der Waals surface area contributed by atoms with Gasteiger partial charge in [-0.3, -0.25) is 9.59 Å². The van der Waals surface area contributed by atoms with E-state index in [1.165, 1.54) is 263 Å². The van der Waals surface area contributed by atoms with Gasteiger partial charge in [0.05, 0.1) is 25.4 Å². The van der Waals surface area contributed by atoms with Crippen molar-refractivity contribution < 1.29 is 24.5 Å². The van der Waals surface area contributed by atoms with E-state index in [0.717, 1.165) is 51.4 Å². The average Bonchev–Trinajstić information content (AvgIpc) is 3.34. The fourth-order valence-electron chi connectivity index (χ4n) is 9.81. The quantitative estimate of drug-likeness (QED) is 0.0321. The van der Waals surface area contributed by atoms with E-state index in [4.69, 9.17) is 4.74 Å². The number of esters is 1. The van der Waals surface area contributed by atoms with E-state index in [1.54, 1.807) is 0 Å². The molecule has 0 aliphatic rings. The van der Waals surface area contributed by atoms with E-state index in [9.17, 15) is 19.8 Å². The lowest BCUT2D eigenvalue weighted by molar-refractivity contribution is -0.143. The van der Waals surface area contributed by atoms with Crippen LogP contribution in [0.4, 0.5) is 0 Å². The molecule has 0 aromatic heterocycles. The highest BCUT2D eigenvalue weighted by atomic mass is 16.5. The van der Waals surface area contributed by atoms with Crippen molar-refractivity contribution in [1.29, 1.82) is 0 Å². The van der Waals surface area contributed by atoms with E-state index in [-0.39, 0.29) is 18.5 Å². The average molecular weight is 961 g/mol. The van der Waals surface area contributed by atoms with Crippen LogP contribution in [0, 0.1) is 0 Å². The van der Waals surface area contributed by atoms with Gasteiger partial charge in [-0.05, 0) is 51.4 Å². The molecule has 0 spiro atoms. The van der Waals surface area contributed by atoms with Crippen molar-refractivity contribution in [2.45, 2.75) is 360 Å². The molecule has 1 amide bonds. The number of carbonyl (C=O) groups is 2. The van der Waals surface area contributed by atoms with Crippen LogP contribution in [0.25, 0.3) is 0 Å². The van der Waals surface area contributed by atoms with Gasteiger partial charge in [0.1, 0.15) is 0 Å². The summed E-state index contributed by atoms with van der Waals surface area (Å²) in [5.74, 6) is -0.0388. The Kier molecular flexibility index (Phi) is 57.0. The Labute approximate surface area is 425 Å². The standard InChI is InChI=1S/C62H121NO5/c1-3-5-7-9-11-13-15-17-19-23-28-32-36-40-44-48-52-56-62(67)68-57-53-49-45-41-37-33-29-25-22-21-24-27-31-35-39-43-47-51-55-61(66)63-59(58-64)60(65)54-50-46-42-38-34-30-26-20-18-16-14-12-10-8-6-4-2/h24,27,59-60,64-65H,3-23,25-26,28-58H2,1-2H3,(H,63,66)/b27-24-. The third-order valence-corrected chi connectivity index (χ3v) is 14.6.